The summed E-state index contributed by atoms with van der Waals surface area (Å²) in [5.74, 6) is 0.242. The number of morpholine rings is 1. The van der Waals surface area contributed by atoms with Gasteiger partial charge in [0.2, 0.25) is 5.91 Å². The standard InChI is InChI=1S/C24H32N6O3/c1-24(2,3)15-30-20(10-25-27-30)17-6-4-16(5-7-17)18-11-29(12-18)23(32)28-9-8-21-19(13-28)26-22(31)14-33-21/h4-7,10,18-19,21H,8-9,11-15H2,1-3H3,(H,26,31)/t19-,21+/m1/s1. The molecule has 0 aliphatic carbocycles. The first-order valence-corrected chi connectivity index (χ1v) is 11.7. The van der Waals surface area contributed by atoms with Crippen molar-refractivity contribution in [1.29, 1.82) is 0 Å². The third-order valence-corrected chi connectivity index (χ3v) is 6.67. The first-order valence-electron chi connectivity index (χ1n) is 11.7. The lowest BCUT2D eigenvalue weighted by molar-refractivity contribution is -0.139. The van der Waals surface area contributed by atoms with E-state index in [2.05, 4.69) is 60.7 Å². The second-order valence-electron chi connectivity index (χ2n) is 10.6. The number of amides is 3. The smallest absolute Gasteiger partial charge is 0.320 e. The van der Waals surface area contributed by atoms with E-state index in [9.17, 15) is 9.59 Å². The van der Waals surface area contributed by atoms with Crippen LogP contribution in [0.5, 0.6) is 0 Å². The molecule has 3 fully saturated rings. The number of carbonyl (C=O) groups excluding carboxylic acids is 2. The quantitative estimate of drug-likeness (QED) is 0.770. The SMILES string of the molecule is CC(C)(C)Cn1nncc1-c1ccc(C2CN(C(=O)N3CC[C@@H]4OCC(=O)N[C@@H]4C3)C2)cc1. The molecule has 1 N–H and O–H groups in total. The lowest BCUT2D eigenvalue weighted by Crippen LogP contribution is -2.63. The molecular weight excluding hydrogens is 420 g/mol. The molecule has 0 spiro atoms. The number of ether oxygens (including phenoxy) is 1. The summed E-state index contributed by atoms with van der Waals surface area (Å²) < 4.78 is 7.55. The van der Waals surface area contributed by atoms with Crippen LogP contribution in [0.1, 0.15) is 38.7 Å². The van der Waals surface area contributed by atoms with E-state index < -0.39 is 0 Å². The number of nitrogens with zero attached hydrogens (tertiary/aromatic N) is 5. The van der Waals surface area contributed by atoms with Gasteiger partial charge in [0.1, 0.15) is 6.61 Å². The Morgan fingerprint density at radius 3 is 2.64 bits per heavy atom. The van der Waals surface area contributed by atoms with Crippen LogP contribution in [-0.4, -0.2) is 81.7 Å². The molecule has 3 aliphatic rings. The number of hydrogen-bond donors (Lipinski definition) is 1. The molecule has 4 heterocycles. The number of fused-ring (bicyclic) bond motifs is 1. The maximum atomic E-state index is 13.0. The Morgan fingerprint density at radius 1 is 1.15 bits per heavy atom. The van der Waals surface area contributed by atoms with Crippen LogP contribution in [0, 0.1) is 5.41 Å². The summed E-state index contributed by atoms with van der Waals surface area (Å²) in [5.41, 5.74) is 3.48. The van der Waals surface area contributed by atoms with E-state index in [1.54, 1.807) is 0 Å². The molecule has 2 aromatic rings. The van der Waals surface area contributed by atoms with Crippen LogP contribution in [0.2, 0.25) is 0 Å². The zero-order valence-electron chi connectivity index (χ0n) is 19.5. The summed E-state index contributed by atoms with van der Waals surface area (Å²) in [6, 6.07) is 8.49. The summed E-state index contributed by atoms with van der Waals surface area (Å²) in [6.07, 6.45) is 2.59. The number of carbonyl (C=O) groups is 2. The van der Waals surface area contributed by atoms with E-state index in [1.165, 1.54) is 5.56 Å². The molecule has 9 heteroatoms. The van der Waals surface area contributed by atoms with Crippen molar-refractivity contribution in [2.75, 3.05) is 32.8 Å². The summed E-state index contributed by atoms with van der Waals surface area (Å²) in [5, 5.41) is 11.3. The predicted octanol–water partition coefficient (Wildman–Crippen LogP) is 2.10. The second-order valence-corrected chi connectivity index (χ2v) is 10.6. The van der Waals surface area contributed by atoms with Crippen molar-refractivity contribution in [3.63, 3.8) is 0 Å². The van der Waals surface area contributed by atoms with Gasteiger partial charge in [-0.3, -0.25) is 4.79 Å². The largest absolute Gasteiger partial charge is 0.366 e. The minimum Gasteiger partial charge on any atom is -0.366 e. The van der Waals surface area contributed by atoms with Gasteiger partial charge in [0, 0.05) is 44.2 Å². The number of rotatable bonds is 3. The lowest BCUT2D eigenvalue weighted by atomic mass is 9.90. The molecule has 2 atom stereocenters. The van der Waals surface area contributed by atoms with Crippen molar-refractivity contribution >= 4 is 11.9 Å². The fraction of sp³-hybridized carbons (Fsp3) is 0.583. The van der Waals surface area contributed by atoms with Crippen LogP contribution >= 0.6 is 0 Å². The topological polar surface area (TPSA) is 92.6 Å². The average molecular weight is 453 g/mol. The number of likely N-dealkylation sites (tertiary alicyclic amines) is 2. The highest BCUT2D eigenvalue weighted by atomic mass is 16.5. The molecule has 3 saturated heterocycles. The monoisotopic (exact) mass is 452 g/mol. The van der Waals surface area contributed by atoms with Gasteiger partial charge in [-0.1, -0.05) is 50.3 Å². The van der Waals surface area contributed by atoms with Gasteiger partial charge < -0.3 is 19.9 Å². The molecule has 176 valence electrons. The van der Waals surface area contributed by atoms with Gasteiger partial charge in [-0.2, -0.15) is 0 Å². The minimum atomic E-state index is -0.102. The van der Waals surface area contributed by atoms with Gasteiger partial charge in [0.15, 0.2) is 0 Å². The van der Waals surface area contributed by atoms with E-state index in [0.29, 0.717) is 19.0 Å². The average Bonchev–Trinajstić information content (AvgIpc) is 3.19. The van der Waals surface area contributed by atoms with Crippen molar-refractivity contribution in [3.8, 4) is 11.3 Å². The molecule has 33 heavy (non-hydrogen) atoms. The zero-order valence-corrected chi connectivity index (χ0v) is 19.5. The Kier molecular flexibility index (Phi) is 5.60. The van der Waals surface area contributed by atoms with Gasteiger partial charge >= 0.3 is 6.03 Å². The lowest BCUT2D eigenvalue weighted by Gasteiger charge is -2.46. The highest BCUT2D eigenvalue weighted by Crippen LogP contribution is 2.31. The molecule has 3 aliphatic heterocycles. The summed E-state index contributed by atoms with van der Waals surface area (Å²) >= 11 is 0. The Morgan fingerprint density at radius 2 is 1.91 bits per heavy atom. The predicted molar refractivity (Wildman–Crippen MR) is 122 cm³/mol. The van der Waals surface area contributed by atoms with Crippen LogP contribution in [0.4, 0.5) is 4.79 Å². The van der Waals surface area contributed by atoms with Crippen LogP contribution in [0.3, 0.4) is 0 Å². The fourth-order valence-electron chi connectivity index (χ4n) is 4.89. The Balaban J connectivity index is 1.17. The number of urea groups is 1. The van der Waals surface area contributed by atoms with Gasteiger partial charge in [-0.25, -0.2) is 9.48 Å². The Labute approximate surface area is 194 Å². The molecule has 1 aromatic heterocycles. The summed E-state index contributed by atoms with van der Waals surface area (Å²) in [6.45, 7) is 10.1. The third-order valence-electron chi connectivity index (χ3n) is 6.67. The molecule has 5 rings (SSSR count). The van der Waals surface area contributed by atoms with E-state index >= 15 is 0 Å². The van der Waals surface area contributed by atoms with Gasteiger partial charge in [-0.15, -0.1) is 5.10 Å². The number of aromatic nitrogens is 3. The number of piperidine rings is 1. The molecule has 0 bridgehead atoms. The van der Waals surface area contributed by atoms with Crippen LogP contribution < -0.4 is 5.32 Å². The van der Waals surface area contributed by atoms with Crippen molar-refractivity contribution in [2.45, 2.75) is 51.8 Å². The second kappa shape index (κ2) is 8.44. The zero-order chi connectivity index (χ0) is 23.2. The van der Waals surface area contributed by atoms with Crippen molar-refractivity contribution in [1.82, 2.24) is 30.1 Å². The van der Waals surface area contributed by atoms with E-state index in [1.807, 2.05) is 20.7 Å². The fourth-order valence-corrected chi connectivity index (χ4v) is 4.89. The minimum absolute atomic E-state index is 0.0179. The van der Waals surface area contributed by atoms with Gasteiger partial charge in [0.05, 0.1) is 24.0 Å². The van der Waals surface area contributed by atoms with E-state index in [-0.39, 0.29) is 36.1 Å². The maximum Gasteiger partial charge on any atom is 0.320 e. The highest BCUT2D eigenvalue weighted by molar-refractivity contribution is 5.79. The molecule has 1 aromatic carbocycles. The molecule has 0 radical (unpaired) electrons. The molecule has 0 saturated carbocycles. The van der Waals surface area contributed by atoms with Crippen molar-refractivity contribution in [2.24, 2.45) is 5.41 Å². The van der Waals surface area contributed by atoms with Crippen molar-refractivity contribution in [3.05, 3.63) is 36.0 Å². The maximum absolute atomic E-state index is 13.0. The molecule has 0 unspecified atom stereocenters. The van der Waals surface area contributed by atoms with Gasteiger partial charge in [-0.05, 0) is 17.4 Å². The summed E-state index contributed by atoms with van der Waals surface area (Å²) in [4.78, 5) is 28.3. The van der Waals surface area contributed by atoms with Crippen LogP contribution in [0.15, 0.2) is 30.5 Å². The normalized spacial score (nSPS) is 23.7. The van der Waals surface area contributed by atoms with Crippen LogP contribution in [-0.2, 0) is 16.1 Å². The molecule has 3 amide bonds. The third kappa shape index (κ3) is 4.59. The summed E-state index contributed by atoms with van der Waals surface area (Å²) in [7, 11) is 0. The van der Waals surface area contributed by atoms with Crippen LogP contribution in [0.25, 0.3) is 11.3 Å². The Bertz CT molecular complexity index is 1020. The van der Waals surface area contributed by atoms with Crippen molar-refractivity contribution < 1.29 is 14.3 Å². The van der Waals surface area contributed by atoms with Gasteiger partial charge in [0.25, 0.3) is 0 Å². The number of hydrogen-bond acceptors (Lipinski definition) is 5. The van der Waals surface area contributed by atoms with E-state index in [0.717, 1.165) is 37.3 Å². The molecule has 9 nitrogen and oxygen atoms in total. The van der Waals surface area contributed by atoms with E-state index in [4.69, 9.17) is 4.74 Å². The number of benzene rings is 1. The first kappa shape index (κ1) is 21.9. The number of nitrogens with one attached hydrogen (secondary N) is 1. The molecular formula is C24H32N6O3. The highest BCUT2D eigenvalue weighted by Gasteiger charge is 2.40. The first-order chi connectivity index (χ1) is 15.8. The Hall–Kier alpha value is -2.94.